The molecule has 0 rings (SSSR count). The van der Waals surface area contributed by atoms with E-state index in [1.54, 1.807) is 0 Å². The number of nitrogens with two attached hydrogens (primary N) is 2. The summed E-state index contributed by atoms with van der Waals surface area (Å²) in [5.41, 5.74) is 0. The fraction of sp³-hybridized carbons (Fsp3) is 0.571. The van der Waals surface area contributed by atoms with Gasteiger partial charge in [0.25, 0.3) is 0 Å². The first-order chi connectivity index (χ1) is 5.77. The molecule has 72 valence electrons. The van der Waals surface area contributed by atoms with E-state index in [1.165, 1.54) is 6.08 Å². The van der Waals surface area contributed by atoms with Crippen molar-refractivity contribution in [2.75, 3.05) is 13.2 Å². The highest BCUT2D eigenvalue weighted by Crippen LogP contribution is 1.81. The lowest BCUT2D eigenvalue weighted by atomic mass is 10.5. The van der Waals surface area contributed by atoms with Crippen LogP contribution >= 0.6 is 0 Å². The third kappa shape index (κ3) is 16.0. The van der Waals surface area contributed by atoms with E-state index in [9.17, 15) is 4.79 Å². The minimum absolute atomic E-state index is 0.389. The molecule has 0 aliphatic carbocycles. The molecule has 0 amide bonds. The Kier molecular flexibility index (Phi) is 14.5. The molecule has 5 heteroatoms. The maximum atomic E-state index is 9.89. The van der Waals surface area contributed by atoms with Gasteiger partial charge in [0.1, 0.15) is 0 Å². The zero-order valence-corrected chi connectivity index (χ0v) is 7.19. The summed E-state index contributed by atoms with van der Waals surface area (Å²) in [6, 6.07) is 0. The average molecular weight is 176 g/mol. The van der Waals surface area contributed by atoms with Crippen LogP contribution in [-0.2, 0) is 9.53 Å². The molecule has 0 saturated carbocycles. The van der Waals surface area contributed by atoms with Gasteiger partial charge < -0.3 is 9.84 Å². The number of hydrogen-bond acceptors (Lipinski definition) is 4. The first-order valence-electron chi connectivity index (χ1n) is 3.58. The average Bonchev–Trinajstić information content (AvgIpc) is 2.07. The molecule has 0 atom stereocenters. The monoisotopic (exact) mass is 176 g/mol. The van der Waals surface area contributed by atoms with Gasteiger partial charge >= 0.3 is 5.97 Å². The molecule has 0 aromatic rings. The molecular formula is C7H16N2O3. The Hall–Kier alpha value is -0.910. The topological polar surface area (TPSA) is 98.6 Å². The Morgan fingerprint density at radius 1 is 1.58 bits per heavy atom. The predicted molar refractivity (Wildman–Crippen MR) is 46.3 cm³/mol. The van der Waals surface area contributed by atoms with Crippen molar-refractivity contribution in [2.45, 2.75) is 13.3 Å². The second-order valence-electron chi connectivity index (χ2n) is 1.82. The summed E-state index contributed by atoms with van der Waals surface area (Å²) < 4.78 is 4.98. The minimum atomic E-state index is -0.930. The van der Waals surface area contributed by atoms with Gasteiger partial charge in [0.2, 0.25) is 0 Å². The molecule has 0 aliphatic rings. The van der Waals surface area contributed by atoms with Gasteiger partial charge in [-0.05, 0) is 6.42 Å². The molecule has 0 radical (unpaired) electrons. The highest BCUT2D eigenvalue weighted by molar-refractivity contribution is 5.79. The molecule has 0 aromatic carbocycles. The van der Waals surface area contributed by atoms with Crippen molar-refractivity contribution in [2.24, 2.45) is 11.7 Å². The summed E-state index contributed by atoms with van der Waals surface area (Å²) in [6.45, 7) is 3.07. The van der Waals surface area contributed by atoms with Crippen LogP contribution in [0.5, 0.6) is 0 Å². The lowest BCUT2D eigenvalue weighted by molar-refractivity contribution is -0.131. The van der Waals surface area contributed by atoms with Crippen molar-refractivity contribution in [1.82, 2.24) is 0 Å². The van der Waals surface area contributed by atoms with Crippen LogP contribution < -0.4 is 11.7 Å². The van der Waals surface area contributed by atoms with Gasteiger partial charge in [-0.3, -0.25) is 11.7 Å². The zero-order chi connectivity index (χ0) is 9.82. The number of carboxylic acid groups (broad SMARTS) is 1. The third-order valence-electron chi connectivity index (χ3n) is 0.823. The van der Waals surface area contributed by atoms with Gasteiger partial charge in [0.15, 0.2) is 0 Å². The molecule has 0 unspecified atom stereocenters. The van der Waals surface area contributed by atoms with Crippen LogP contribution in [0.15, 0.2) is 12.2 Å². The second kappa shape index (κ2) is 12.7. The molecule has 0 fully saturated rings. The van der Waals surface area contributed by atoms with Crippen LogP contribution in [-0.4, -0.2) is 24.3 Å². The van der Waals surface area contributed by atoms with Crippen molar-refractivity contribution < 1.29 is 14.6 Å². The molecular weight excluding hydrogens is 160 g/mol. The molecule has 5 nitrogen and oxygen atoms in total. The second-order valence-corrected chi connectivity index (χ2v) is 1.82. The quantitative estimate of drug-likeness (QED) is 0.234. The van der Waals surface area contributed by atoms with Crippen molar-refractivity contribution in [1.29, 1.82) is 0 Å². The molecule has 0 aromatic heterocycles. The van der Waals surface area contributed by atoms with Gasteiger partial charge in [0, 0.05) is 12.7 Å². The summed E-state index contributed by atoms with van der Waals surface area (Å²) in [6.07, 6.45) is 3.52. The first kappa shape index (κ1) is 13.7. The number of carbonyl (C=O) groups is 1. The van der Waals surface area contributed by atoms with Crippen LogP contribution in [0.25, 0.3) is 0 Å². The maximum absolute atomic E-state index is 9.89. The fourth-order valence-electron chi connectivity index (χ4n) is 0.445. The molecule has 12 heavy (non-hydrogen) atoms. The molecule has 0 aliphatic heterocycles. The zero-order valence-electron chi connectivity index (χ0n) is 7.19. The summed E-state index contributed by atoms with van der Waals surface area (Å²) in [4.78, 5) is 9.89. The minimum Gasteiger partial charge on any atom is -0.478 e. The summed E-state index contributed by atoms with van der Waals surface area (Å²) >= 11 is 0. The van der Waals surface area contributed by atoms with Crippen LogP contribution in [0.1, 0.15) is 13.3 Å². The van der Waals surface area contributed by atoms with Gasteiger partial charge in [-0.25, -0.2) is 4.79 Å². The normalized spacial score (nSPS) is 9.25. The van der Waals surface area contributed by atoms with E-state index in [1.807, 2.05) is 6.92 Å². The van der Waals surface area contributed by atoms with Gasteiger partial charge in [-0.1, -0.05) is 13.0 Å². The Balaban J connectivity index is 0. The van der Waals surface area contributed by atoms with Crippen LogP contribution in [0.4, 0.5) is 0 Å². The fourth-order valence-corrected chi connectivity index (χ4v) is 0.445. The largest absolute Gasteiger partial charge is 0.478 e. The van der Waals surface area contributed by atoms with Gasteiger partial charge in [-0.15, -0.1) is 0 Å². The molecule has 0 bridgehead atoms. The Bertz CT molecular complexity index is 126. The highest BCUT2D eigenvalue weighted by atomic mass is 16.5. The predicted octanol–water partition coefficient (Wildman–Crippen LogP) is -0.127. The number of ether oxygens (including phenoxy) is 1. The SMILES string of the molecule is CCCOCC=CC(=O)O.NN. The Labute approximate surface area is 72.0 Å². The standard InChI is InChI=1S/C7H12O3.H4N2/c1-2-5-10-6-3-4-7(8)9;1-2/h3-4H,2,5-6H2,1H3,(H,8,9);1-2H2. The van der Waals surface area contributed by atoms with E-state index in [0.717, 1.165) is 12.5 Å². The number of hydrazine groups is 1. The van der Waals surface area contributed by atoms with E-state index >= 15 is 0 Å². The number of rotatable bonds is 5. The van der Waals surface area contributed by atoms with E-state index < -0.39 is 5.97 Å². The Morgan fingerprint density at radius 2 is 2.17 bits per heavy atom. The van der Waals surface area contributed by atoms with E-state index in [2.05, 4.69) is 11.7 Å². The number of aliphatic carboxylic acids is 1. The van der Waals surface area contributed by atoms with E-state index in [4.69, 9.17) is 9.84 Å². The lowest BCUT2D eigenvalue weighted by Crippen LogP contribution is -2.02. The van der Waals surface area contributed by atoms with Crippen molar-refractivity contribution in [3.05, 3.63) is 12.2 Å². The number of hydrogen-bond donors (Lipinski definition) is 3. The molecule has 0 heterocycles. The smallest absolute Gasteiger partial charge is 0.328 e. The third-order valence-corrected chi connectivity index (χ3v) is 0.823. The Morgan fingerprint density at radius 3 is 2.58 bits per heavy atom. The first-order valence-corrected chi connectivity index (χ1v) is 3.58. The van der Waals surface area contributed by atoms with Crippen LogP contribution in [0, 0.1) is 0 Å². The summed E-state index contributed by atoms with van der Waals surface area (Å²) in [5.74, 6) is 7.07. The molecule has 0 spiro atoms. The van der Waals surface area contributed by atoms with Crippen molar-refractivity contribution >= 4 is 5.97 Å². The summed E-state index contributed by atoms with van der Waals surface area (Å²) in [5, 5.41) is 8.13. The van der Waals surface area contributed by atoms with Crippen molar-refractivity contribution in [3.63, 3.8) is 0 Å². The van der Waals surface area contributed by atoms with Gasteiger partial charge in [-0.2, -0.15) is 0 Å². The molecule has 5 N–H and O–H groups in total. The maximum Gasteiger partial charge on any atom is 0.328 e. The number of carboxylic acids is 1. The lowest BCUT2D eigenvalue weighted by Gasteiger charge is -1.94. The van der Waals surface area contributed by atoms with E-state index in [0.29, 0.717) is 13.2 Å². The highest BCUT2D eigenvalue weighted by Gasteiger charge is 1.83. The molecule has 0 saturated heterocycles. The van der Waals surface area contributed by atoms with E-state index in [-0.39, 0.29) is 0 Å². The van der Waals surface area contributed by atoms with Gasteiger partial charge in [0.05, 0.1) is 6.61 Å². The van der Waals surface area contributed by atoms with Crippen molar-refractivity contribution in [3.8, 4) is 0 Å². The summed E-state index contributed by atoms with van der Waals surface area (Å²) in [7, 11) is 0. The van der Waals surface area contributed by atoms with Crippen LogP contribution in [0.2, 0.25) is 0 Å². The van der Waals surface area contributed by atoms with Crippen LogP contribution in [0.3, 0.4) is 0 Å².